The summed E-state index contributed by atoms with van der Waals surface area (Å²) in [6, 6.07) is 0. The third-order valence-corrected chi connectivity index (χ3v) is 4.00. The Labute approximate surface area is 116 Å². The highest BCUT2D eigenvalue weighted by molar-refractivity contribution is 8.00. The van der Waals surface area contributed by atoms with Gasteiger partial charge in [0, 0.05) is 31.6 Å². The van der Waals surface area contributed by atoms with E-state index in [2.05, 4.69) is 6.58 Å². The molecule has 1 fully saturated rings. The number of Topliss-reactive ketones (excluding diaryl/α,β-unsaturated/α-hetero) is 1. The van der Waals surface area contributed by atoms with Gasteiger partial charge in [0.05, 0.1) is 5.25 Å². The largest absolute Gasteiger partial charge is 0.300 e. The average molecular weight is 283 g/mol. The van der Waals surface area contributed by atoms with E-state index in [0.717, 1.165) is 4.90 Å². The molecule has 0 aromatic carbocycles. The lowest BCUT2D eigenvalue weighted by Crippen LogP contribution is -2.33. The molecule has 0 aromatic heterocycles. The quantitative estimate of drug-likeness (QED) is 0.490. The van der Waals surface area contributed by atoms with Crippen LogP contribution in [-0.4, -0.2) is 45.8 Å². The van der Waals surface area contributed by atoms with E-state index in [0.29, 0.717) is 12.2 Å². The van der Waals surface area contributed by atoms with Crippen molar-refractivity contribution >= 4 is 35.1 Å². The van der Waals surface area contributed by atoms with Crippen LogP contribution in [0.1, 0.15) is 26.2 Å². The number of carbonyl (C=O) groups excluding carboxylic acids is 4. The van der Waals surface area contributed by atoms with Gasteiger partial charge in [-0.1, -0.05) is 6.58 Å². The summed E-state index contributed by atoms with van der Waals surface area (Å²) < 4.78 is 0. The number of allylic oxidation sites excluding steroid dienone is 1. The standard InChI is InChI=1S/C13H17NO4S/c1-3-10(16)4-6-14-12(17)8-11(13(14)18)19-7-5-9(2)15/h3,11H,1,4-8H2,2H3. The lowest BCUT2D eigenvalue weighted by Gasteiger charge is -2.13. The zero-order valence-corrected chi connectivity index (χ0v) is 11.7. The summed E-state index contributed by atoms with van der Waals surface area (Å²) in [4.78, 5) is 46.7. The SMILES string of the molecule is C=CC(=O)CCN1C(=O)CC(SCCC(C)=O)C1=O. The Kier molecular flexibility index (Phi) is 5.95. The molecule has 1 unspecified atom stereocenters. The number of hydrogen-bond acceptors (Lipinski definition) is 5. The first-order valence-electron chi connectivity index (χ1n) is 6.06. The van der Waals surface area contributed by atoms with Crippen molar-refractivity contribution in [1.82, 2.24) is 4.90 Å². The maximum atomic E-state index is 12.0. The number of thioether (sulfide) groups is 1. The molecule has 1 aliphatic rings. The van der Waals surface area contributed by atoms with E-state index in [4.69, 9.17) is 0 Å². The van der Waals surface area contributed by atoms with Gasteiger partial charge in [0.25, 0.3) is 0 Å². The molecule has 0 bridgehead atoms. The number of amides is 2. The van der Waals surface area contributed by atoms with E-state index in [1.165, 1.54) is 24.8 Å². The van der Waals surface area contributed by atoms with Crippen LogP contribution in [0.3, 0.4) is 0 Å². The van der Waals surface area contributed by atoms with Gasteiger partial charge in [-0.2, -0.15) is 0 Å². The molecule has 1 saturated heterocycles. The van der Waals surface area contributed by atoms with Crippen LogP contribution in [0, 0.1) is 0 Å². The highest BCUT2D eigenvalue weighted by Gasteiger charge is 2.38. The molecule has 0 radical (unpaired) electrons. The zero-order chi connectivity index (χ0) is 14.4. The van der Waals surface area contributed by atoms with Crippen LogP contribution < -0.4 is 0 Å². The first-order valence-corrected chi connectivity index (χ1v) is 7.11. The summed E-state index contributed by atoms with van der Waals surface area (Å²) in [6.45, 7) is 4.95. The van der Waals surface area contributed by atoms with Crippen LogP contribution in [0.2, 0.25) is 0 Å². The smallest absolute Gasteiger partial charge is 0.242 e. The molecule has 6 heteroatoms. The predicted octanol–water partition coefficient (Wildman–Crippen LogP) is 0.971. The lowest BCUT2D eigenvalue weighted by molar-refractivity contribution is -0.138. The van der Waals surface area contributed by atoms with Gasteiger partial charge >= 0.3 is 0 Å². The molecule has 19 heavy (non-hydrogen) atoms. The van der Waals surface area contributed by atoms with Crippen molar-refractivity contribution in [2.45, 2.75) is 31.4 Å². The summed E-state index contributed by atoms with van der Waals surface area (Å²) in [5.74, 6) is -0.0815. The molecule has 0 spiro atoms. The van der Waals surface area contributed by atoms with Crippen molar-refractivity contribution in [1.29, 1.82) is 0 Å². The Morgan fingerprint density at radius 3 is 2.68 bits per heavy atom. The summed E-state index contributed by atoms with van der Waals surface area (Å²) in [6.07, 6.45) is 1.86. The van der Waals surface area contributed by atoms with Crippen LogP contribution in [0.15, 0.2) is 12.7 Å². The third kappa shape index (κ3) is 4.63. The van der Waals surface area contributed by atoms with Gasteiger partial charge in [0.1, 0.15) is 5.78 Å². The van der Waals surface area contributed by atoms with E-state index in [-0.39, 0.29) is 42.8 Å². The van der Waals surface area contributed by atoms with Crippen LogP contribution in [0.5, 0.6) is 0 Å². The number of rotatable bonds is 8. The van der Waals surface area contributed by atoms with Gasteiger partial charge in [0.15, 0.2) is 5.78 Å². The van der Waals surface area contributed by atoms with E-state index in [1.54, 1.807) is 0 Å². The third-order valence-electron chi connectivity index (χ3n) is 2.79. The monoisotopic (exact) mass is 283 g/mol. The maximum Gasteiger partial charge on any atom is 0.242 e. The summed E-state index contributed by atoms with van der Waals surface area (Å²) in [5.41, 5.74) is 0. The molecule has 1 heterocycles. The van der Waals surface area contributed by atoms with E-state index < -0.39 is 5.25 Å². The molecule has 0 N–H and O–H groups in total. The molecule has 5 nitrogen and oxygen atoms in total. The maximum absolute atomic E-state index is 12.0. The Balaban J connectivity index is 2.46. The van der Waals surface area contributed by atoms with Crippen LogP contribution in [0.4, 0.5) is 0 Å². The van der Waals surface area contributed by atoms with Gasteiger partial charge in [0.2, 0.25) is 11.8 Å². The minimum absolute atomic E-state index is 0.0673. The topological polar surface area (TPSA) is 71.5 Å². The fourth-order valence-corrected chi connectivity index (χ4v) is 2.91. The van der Waals surface area contributed by atoms with Crippen molar-refractivity contribution in [2.75, 3.05) is 12.3 Å². The normalized spacial score (nSPS) is 18.8. The lowest BCUT2D eigenvalue weighted by atomic mass is 10.2. The van der Waals surface area contributed by atoms with Crippen molar-refractivity contribution < 1.29 is 19.2 Å². The van der Waals surface area contributed by atoms with E-state index in [9.17, 15) is 19.2 Å². The predicted molar refractivity (Wildman–Crippen MR) is 72.7 cm³/mol. The molecule has 1 rings (SSSR count). The van der Waals surface area contributed by atoms with Crippen molar-refractivity contribution in [3.05, 3.63) is 12.7 Å². The molecule has 2 amide bonds. The van der Waals surface area contributed by atoms with Crippen molar-refractivity contribution in [2.24, 2.45) is 0 Å². The van der Waals surface area contributed by atoms with Crippen molar-refractivity contribution in [3.63, 3.8) is 0 Å². The summed E-state index contributed by atoms with van der Waals surface area (Å²) in [5, 5.41) is -0.411. The first-order chi connectivity index (χ1) is 8.95. The minimum Gasteiger partial charge on any atom is -0.300 e. The van der Waals surface area contributed by atoms with Gasteiger partial charge in [-0.05, 0) is 13.0 Å². The number of ketones is 2. The van der Waals surface area contributed by atoms with Crippen molar-refractivity contribution in [3.8, 4) is 0 Å². The summed E-state index contributed by atoms with van der Waals surface area (Å²) >= 11 is 1.33. The van der Waals surface area contributed by atoms with Gasteiger partial charge in [-0.25, -0.2) is 0 Å². The highest BCUT2D eigenvalue weighted by Crippen LogP contribution is 2.25. The minimum atomic E-state index is -0.411. The molecule has 0 aliphatic carbocycles. The Morgan fingerprint density at radius 2 is 2.11 bits per heavy atom. The second kappa shape index (κ2) is 7.23. The zero-order valence-electron chi connectivity index (χ0n) is 10.9. The molecule has 0 saturated carbocycles. The second-order valence-corrected chi connectivity index (χ2v) is 5.63. The van der Waals surface area contributed by atoms with Gasteiger partial charge in [-0.3, -0.25) is 24.1 Å². The molecular weight excluding hydrogens is 266 g/mol. The molecule has 1 aliphatic heterocycles. The van der Waals surface area contributed by atoms with Crippen LogP contribution in [0.25, 0.3) is 0 Å². The van der Waals surface area contributed by atoms with E-state index >= 15 is 0 Å². The first kappa shape index (κ1) is 15.6. The van der Waals surface area contributed by atoms with Crippen LogP contribution in [-0.2, 0) is 19.2 Å². The number of likely N-dealkylation sites (tertiary alicyclic amines) is 1. The number of carbonyl (C=O) groups is 4. The number of hydrogen-bond donors (Lipinski definition) is 0. The Morgan fingerprint density at radius 1 is 1.42 bits per heavy atom. The molecule has 104 valence electrons. The number of nitrogens with zero attached hydrogens (tertiary/aromatic N) is 1. The highest BCUT2D eigenvalue weighted by atomic mass is 32.2. The molecular formula is C13H17NO4S. The van der Waals surface area contributed by atoms with Gasteiger partial charge in [-0.15, -0.1) is 11.8 Å². The fraction of sp³-hybridized carbons (Fsp3) is 0.538. The average Bonchev–Trinajstić information content (AvgIpc) is 2.61. The van der Waals surface area contributed by atoms with Crippen LogP contribution >= 0.6 is 11.8 Å². The second-order valence-electron chi connectivity index (χ2n) is 4.32. The molecule has 1 atom stereocenters. The van der Waals surface area contributed by atoms with Gasteiger partial charge < -0.3 is 0 Å². The number of imide groups is 1. The molecule has 0 aromatic rings. The summed E-state index contributed by atoms with van der Waals surface area (Å²) in [7, 11) is 0. The Hall–Kier alpha value is -1.43. The Bertz CT molecular complexity index is 419. The van der Waals surface area contributed by atoms with E-state index in [1.807, 2.05) is 0 Å². The fourth-order valence-electron chi connectivity index (χ4n) is 1.69.